The number of rotatable bonds is 4. The van der Waals surface area contributed by atoms with Crippen molar-refractivity contribution in [2.75, 3.05) is 20.3 Å². The van der Waals surface area contributed by atoms with Crippen molar-refractivity contribution < 1.29 is 14.3 Å². The highest BCUT2D eigenvalue weighted by Gasteiger charge is 2.50. The second kappa shape index (κ2) is 6.02. The molecule has 1 aromatic heterocycles. The fourth-order valence-electron chi connectivity index (χ4n) is 3.56. The van der Waals surface area contributed by atoms with Crippen molar-refractivity contribution in [3.63, 3.8) is 0 Å². The maximum Gasteiger partial charge on any atom is 0.331 e. The van der Waals surface area contributed by atoms with Crippen LogP contribution in [0, 0.1) is 5.92 Å². The van der Waals surface area contributed by atoms with Crippen LogP contribution >= 0.6 is 15.9 Å². The molecule has 0 radical (unpaired) electrons. The molecule has 2 fully saturated rings. The van der Waals surface area contributed by atoms with Gasteiger partial charge in [0.1, 0.15) is 16.8 Å². The van der Waals surface area contributed by atoms with Crippen LogP contribution in [0.4, 0.5) is 0 Å². The van der Waals surface area contributed by atoms with E-state index in [1.807, 2.05) is 12.1 Å². The van der Waals surface area contributed by atoms with Crippen molar-refractivity contribution in [2.45, 2.75) is 30.9 Å². The minimum absolute atomic E-state index is 0.0288. The molecule has 3 rings (SSSR count). The minimum atomic E-state index is -0.471. The number of nitrogens with zero attached hydrogens (tertiary/aromatic N) is 1. The summed E-state index contributed by atoms with van der Waals surface area (Å²) in [6.45, 7) is 0.881. The Morgan fingerprint density at radius 1 is 1.62 bits per heavy atom. The fraction of sp³-hybridized carbons (Fsp3) is 0.600. The van der Waals surface area contributed by atoms with E-state index in [9.17, 15) is 4.79 Å². The third-order valence-corrected chi connectivity index (χ3v) is 5.27. The molecule has 1 saturated heterocycles. The second-order valence-corrected chi connectivity index (χ2v) is 6.42. The van der Waals surface area contributed by atoms with Crippen molar-refractivity contribution >= 4 is 21.9 Å². The lowest BCUT2D eigenvalue weighted by Gasteiger charge is -2.42. The predicted molar refractivity (Wildman–Crippen MR) is 80.7 cm³/mol. The maximum atomic E-state index is 11.5. The van der Waals surface area contributed by atoms with Gasteiger partial charge in [0.05, 0.1) is 7.11 Å². The molecule has 6 heteroatoms. The van der Waals surface area contributed by atoms with Crippen LogP contribution in [0.2, 0.25) is 0 Å². The summed E-state index contributed by atoms with van der Waals surface area (Å²) in [4.78, 5) is 15.9. The lowest BCUT2D eigenvalue weighted by Crippen LogP contribution is -2.43. The van der Waals surface area contributed by atoms with Gasteiger partial charge in [0.15, 0.2) is 0 Å². The molecule has 114 valence electrons. The van der Waals surface area contributed by atoms with Gasteiger partial charge in [0, 0.05) is 30.3 Å². The van der Waals surface area contributed by atoms with Gasteiger partial charge in [-0.3, -0.25) is 0 Å². The number of nitrogens with one attached hydrogen (secondary N) is 1. The topological polar surface area (TPSA) is 60.5 Å². The SMILES string of the molecule is COC(=O)COC1(c2cccnc2Br)CCC2CC1CN2. The highest BCUT2D eigenvalue weighted by molar-refractivity contribution is 9.10. The maximum absolute atomic E-state index is 11.5. The molecule has 0 aromatic carbocycles. The molecule has 1 aliphatic carbocycles. The lowest BCUT2D eigenvalue weighted by atomic mass is 9.72. The van der Waals surface area contributed by atoms with Crippen LogP contribution in [0.3, 0.4) is 0 Å². The van der Waals surface area contributed by atoms with Gasteiger partial charge in [-0.05, 0) is 41.3 Å². The summed E-state index contributed by atoms with van der Waals surface area (Å²) in [7, 11) is 1.38. The highest BCUT2D eigenvalue weighted by atomic mass is 79.9. The largest absolute Gasteiger partial charge is 0.467 e. The Hall–Kier alpha value is -0.980. The number of esters is 1. The molecule has 2 aliphatic rings. The van der Waals surface area contributed by atoms with Crippen molar-refractivity contribution in [1.29, 1.82) is 0 Å². The first-order chi connectivity index (χ1) is 10.2. The van der Waals surface area contributed by atoms with Gasteiger partial charge >= 0.3 is 5.97 Å². The number of ether oxygens (including phenoxy) is 2. The van der Waals surface area contributed by atoms with Crippen molar-refractivity contribution in [1.82, 2.24) is 10.3 Å². The zero-order chi connectivity index (χ0) is 14.9. The van der Waals surface area contributed by atoms with E-state index in [1.165, 1.54) is 7.11 Å². The number of fused-ring (bicyclic) bond motifs is 2. The van der Waals surface area contributed by atoms with E-state index >= 15 is 0 Å². The molecule has 1 aromatic rings. The summed E-state index contributed by atoms with van der Waals surface area (Å²) >= 11 is 3.53. The van der Waals surface area contributed by atoms with E-state index in [0.29, 0.717) is 12.0 Å². The first-order valence-electron chi connectivity index (χ1n) is 7.21. The van der Waals surface area contributed by atoms with E-state index < -0.39 is 5.60 Å². The average Bonchev–Trinajstić information content (AvgIpc) is 2.91. The molecule has 2 heterocycles. The van der Waals surface area contributed by atoms with Crippen LogP contribution in [-0.2, 0) is 19.9 Å². The Bertz CT molecular complexity index is 539. The zero-order valence-corrected chi connectivity index (χ0v) is 13.6. The zero-order valence-electron chi connectivity index (χ0n) is 12.0. The second-order valence-electron chi connectivity index (χ2n) is 5.67. The third-order valence-electron chi connectivity index (χ3n) is 4.64. The summed E-state index contributed by atoms with van der Waals surface area (Å²) in [5.41, 5.74) is 0.558. The number of pyridine rings is 1. The van der Waals surface area contributed by atoms with Crippen LogP contribution in [-0.4, -0.2) is 37.3 Å². The molecule has 21 heavy (non-hydrogen) atoms. The molecule has 1 saturated carbocycles. The van der Waals surface area contributed by atoms with E-state index in [2.05, 4.69) is 26.2 Å². The molecule has 5 nitrogen and oxygen atoms in total. The molecule has 0 spiro atoms. The Kier molecular flexibility index (Phi) is 4.28. The van der Waals surface area contributed by atoms with E-state index in [0.717, 1.165) is 36.0 Å². The Balaban J connectivity index is 1.94. The number of methoxy groups -OCH3 is 1. The number of carbonyl (C=O) groups excluding carboxylic acids is 1. The summed E-state index contributed by atoms with van der Waals surface area (Å²) < 4.78 is 11.7. The molecule has 3 unspecified atom stereocenters. The molecule has 0 amide bonds. The fourth-order valence-corrected chi connectivity index (χ4v) is 4.14. The highest BCUT2D eigenvalue weighted by Crippen LogP contribution is 2.48. The average molecular weight is 355 g/mol. The number of halogens is 1. The van der Waals surface area contributed by atoms with Gasteiger partial charge < -0.3 is 14.8 Å². The molecular formula is C15H19BrN2O3. The van der Waals surface area contributed by atoms with E-state index in [-0.39, 0.29) is 12.6 Å². The van der Waals surface area contributed by atoms with E-state index in [1.54, 1.807) is 6.20 Å². The van der Waals surface area contributed by atoms with Crippen molar-refractivity contribution in [3.05, 3.63) is 28.5 Å². The molecule has 1 aliphatic heterocycles. The molecular weight excluding hydrogens is 336 g/mol. The normalized spacial score (nSPS) is 31.1. The van der Waals surface area contributed by atoms with Gasteiger partial charge in [-0.1, -0.05) is 6.07 Å². The first-order valence-corrected chi connectivity index (χ1v) is 8.00. The summed E-state index contributed by atoms with van der Waals surface area (Å²) in [5, 5.41) is 3.53. The summed E-state index contributed by atoms with van der Waals surface area (Å²) in [5.74, 6) is 0.00359. The number of carbonyl (C=O) groups is 1. The number of hydrogen-bond acceptors (Lipinski definition) is 5. The van der Waals surface area contributed by atoms with Crippen LogP contribution in [0.25, 0.3) is 0 Å². The van der Waals surface area contributed by atoms with Crippen LogP contribution in [0.15, 0.2) is 22.9 Å². The van der Waals surface area contributed by atoms with Gasteiger partial charge in [0.25, 0.3) is 0 Å². The monoisotopic (exact) mass is 354 g/mol. The summed E-state index contributed by atoms with van der Waals surface area (Å²) in [6.07, 6.45) is 4.75. The van der Waals surface area contributed by atoms with Crippen LogP contribution in [0.5, 0.6) is 0 Å². The molecule has 3 atom stereocenters. The Labute approximate surface area is 132 Å². The van der Waals surface area contributed by atoms with Crippen LogP contribution < -0.4 is 5.32 Å². The number of aromatic nitrogens is 1. The Morgan fingerprint density at radius 2 is 2.48 bits per heavy atom. The quantitative estimate of drug-likeness (QED) is 0.661. The Morgan fingerprint density at radius 3 is 3.24 bits per heavy atom. The minimum Gasteiger partial charge on any atom is -0.467 e. The summed E-state index contributed by atoms with van der Waals surface area (Å²) in [6, 6.07) is 4.52. The van der Waals surface area contributed by atoms with Gasteiger partial charge in [-0.25, -0.2) is 9.78 Å². The third kappa shape index (κ3) is 2.72. The lowest BCUT2D eigenvalue weighted by molar-refractivity contribution is -0.161. The van der Waals surface area contributed by atoms with Crippen molar-refractivity contribution in [2.24, 2.45) is 5.92 Å². The molecule has 2 bridgehead atoms. The predicted octanol–water partition coefficient (Wildman–Crippen LogP) is 2.00. The smallest absolute Gasteiger partial charge is 0.331 e. The van der Waals surface area contributed by atoms with Crippen LogP contribution in [0.1, 0.15) is 24.8 Å². The first kappa shape index (κ1) is 14.9. The van der Waals surface area contributed by atoms with Gasteiger partial charge in [0.2, 0.25) is 0 Å². The van der Waals surface area contributed by atoms with Gasteiger partial charge in [-0.2, -0.15) is 0 Å². The molecule has 1 N–H and O–H groups in total. The standard InChI is InChI=1S/C15H19BrN2O3/c1-20-13(19)9-21-15(12-3-2-6-17-14(12)16)5-4-11-7-10(15)8-18-11/h2-3,6,10-11,18H,4-5,7-9H2,1H3. The van der Waals surface area contributed by atoms with Crippen molar-refractivity contribution in [3.8, 4) is 0 Å². The van der Waals surface area contributed by atoms with Gasteiger partial charge in [-0.15, -0.1) is 0 Å². The number of hydrogen-bond donors (Lipinski definition) is 1. The van der Waals surface area contributed by atoms with E-state index in [4.69, 9.17) is 9.47 Å².